The van der Waals surface area contributed by atoms with E-state index in [1.54, 1.807) is 7.11 Å². The van der Waals surface area contributed by atoms with Crippen LogP contribution >= 0.6 is 0 Å². The summed E-state index contributed by atoms with van der Waals surface area (Å²) in [5.41, 5.74) is 8.62. The number of methoxy groups -OCH3 is 1. The summed E-state index contributed by atoms with van der Waals surface area (Å²) >= 11 is 0. The third kappa shape index (κ3) is 2.16. The van der Waals surface area contributed by atoms with Crippen LogP contribution < -0.4 is 10.5 Å². The number of aromatic nitrogens is 2. The lowest BCUT2D eigenvalue weighted by Gasteiger charge is -2.09. The van der Waals surface area contributed by atoms with E-state index < -0.39 is 0 Å². The highest BCUT2D eigenvalue weighted by molar-refractivity contribution is 5.48. The van der Waals surface area contributed by atoms with Crippen LogP contribution in [0.1, 0.15) is 11.1 Å². The Bertz CT molecular complexity index is 491. The maximum Gasteiger partial charge on any atom is 0.125 e. The molecule has 1 aromatic heterocycles. The van der Waals surface area contributed by atoms with Gasteiger partial charge in [-0.25, -0.2) is 0 Å². The molecule has 0 spiro atoms. The van der Waals surface area contributed by atoms with Gasteiger partial charge in [-0.15, -0.1) is 0 Å². The van der Waals surface area contributed by atoms with Crippen LogP contribution in [0.4, 0.5) is 5.69 Å². The largest absolute Gasteiger partial charge is 0.496 e. The molecule has 84 valence electrons. The van der Waals surface area contributed by atoms with Crippen molar-refractivity contribution >= 4 is 5.69 Å². The molecule has 2 N–H and O–H groups in total. The number of hydrogen-bond donors (Lipinski definition) is 1. The molecule has 16 heavy (non-hydrogen) atoms. The zero-order valence-corrected chi connectivity index (χ0v) is 9.47. The molecular formula is C12H15N3O. The van der Waals surface area contributed by atoms with E-state index in [9.17, 15) is 0 Å². The van der Waals surface area contributed by atoms with Crippen molar-refractivity contribution in [2.45, 2.75) is 13.5 Å². The van der Waals surface area contributed by atoms with Gasteiger partial charge in [0.1, 0.15) is 5.75 Å². The van der Waals surface area contributed by atoms with Gasteiger partial charge in [-0.2, -0.15) is 5.10 Å². The molecule has 0 aliphatic rings. The molecule has 0 aliphatic heterocycles. The molecule has 0 radical (unpaired) electrons. The Balaban J connectivity index is 2.27. The number of benzene rings is 1. The number of ether oxygens (including phenoxy) is 1. The lowest BCUT2D eigenvalue weighted by molar-refractivity contribution is 0.407. The Morgan fingerprint density at radius 1 is 1.44 bits per heavy atom. The molecule has 1 heterocycles. The summed E-state index contributed by atoms with van der Waals surface area (Å²) in [5.74, 6) is 0.799. The highest BCUT2D eigenvalue weighted by Crippen LogP contribution is 2.22. The first-order valence-electron chi connectivity index (χ1n) is 5.10. The van der Waals surface area contributed by atoms with Gasteiger partial charge in [-0.3, -0.25) is 4.68 Å². The average molecular weight is 217 g/mol. The number of nitrogens with two attached hydrogens (primary N) is 1. The van der Waals surface area contributed by atoms with Gasteiger partial charge in [0.2, 0.25) is 0 Å². The lowest BCUT2D eigenvalue weighted by Crippen LogP contribution is -2.02. The summed E-state index contributed by atoms with van der Waals surface area (Å²) < 4.78 is 7.16. The molecule has 0 bridgehead atoms. The normalized spacial score (nSPS) is 10.4. The minimum Gasteiger partial charge on any atom is -0.496 e. The first-order valence-corrected chi connectivity index (χ1v) is 5.10. The number of nitrogen functional groups attached to an aromatic ring is 1. The zero-order chi connectivity index (χ0) is 11.5. The molecule has 0 saturated carbocycles. The maximum atomic E-state index is 5.70. The van der Waals surface area contributed by atoms with E-state index >= 15 is 0 Å². The van der Waals surface area contributed by atoms with E-state index in [1.807, 2.05) is 42.2 Å². The van der Waals surface area contributed by atoms with E-state index in [0.717, 1.165) is 16.9 Å². The van der Waals surface area contributed by atoms with Crippen LogP contribution in [0, 0.1) is 6.92 Å². The Morgan fingerprint density at radius 2 is 2.25 bits per heavy atom. The average Bonchev–Trinajstić information content (AvgIpc) is 2.67. The second-order valence-electron chi connectivity index (χ2n) is 3.79. The van der Waals surface area contributed by atoms with Gasteiger partial charge in [0.05, 0.1) is 19.9 Å². The Morgan fingerprint density at radius 3 is 2.88 bits per heavy atom. The standard InChI is InChI=1S/C12H15N3O/c1-9-6-14-15(7-9)8-10-3-4-11(13)5-12(10)16-2/h3-7H,8,13H2,1-2H3. The van der Waals surface area contributed by atoms with Crippen LogP contribution in [0.25, 0.3) is 0 Å². The molecular weight excluding hydrogens is 202 g/mol. The second kappa shape index (κ2) is 4.26. The van der Waals surface area contributed by atoms with Gasteiger partial charge in [0.15, 0.2) is 0 Å². The molecule has 4 heteroatoms. The Hall–Kier alpha value is -1.97. The van der Waals surface area contributed by atoms with Gasteiger partial charge >= 0.3 is 0 Å². The van der Waals surface area contributed by atoms with Crippen LogP contribution in [-0.4, -0.2) is 16.9 Å². The van der Waals surface area contributed by atoms with Crippen LogP contribution in [0.15, 0.2) is 30.6 Å². The summed E-state index contributed by atoms with van der Waals surface area (Å²) in [5, 5.41) is 4.24. The Kier molecular flexibility index (Phi) is 2.81. The molecule has 0 aliphatic carbocycles. The van der Waals surface area contributed by atoms with Gasteiger partial charge in [0, 0.05) is 23.5 Å². The zero-order valence-electron chi connectivity index (χ0n) is 9.47. The first kappa shape index (κ1) is 10.5. The summed E-state index contributed by atoms with van der Waals surface area (Å²) in [6.45, 7) is 2.71. The smallest absolute Gasteiger partial charge is 0.125 e. The van der Waals surface area contributed by atoms with Crippen molar-refractivity contribution in [1.29, 1.82) is 0 Å². The summed E-state index contributed by atoms with van der Waals surface area (Å²) in [6.07, 6.45) is 3.83. The predicted molar refractivity (Wildman–Crippen MR) is 63.5 cm³/mol. The molecule has 0 saturated heterocycles. The van der Waals surface area contributed by atoms with Crippen LogP contribution in [-0.2, 0) is 6.54 Å². The highest BCUT2D eigenvalue weighted by atomic mass is 16.5. The molecule has 2 rings (SSSR count). The highest BCUT2D eigenvalue weighted by Gasteiger charge is 2.04. The van der Waals surface area contributed by atoms with Gasteiger partial charge in [-0.05, 0) is 18.6 Å². The van der Waals surface area contributed by atoms with Crippen molar-refractivity contribution in [2.75, 3.05) is 12.8 Å². The van der Waals surface area contributed by atoms with Crippen molar-refractivity contribution in [3.05, 3.63) is 41.7 Å². The Labute approximate surface area is 94.6 Å². The number of aryl methyl sites for hydroxylation is 1. The van der Waals surface area contributed by atoms with Crippen molar-refractivity contribution in [3.8, 4) is 5.75 Å². The molecule has 2 aromatic rings. The molecule has 4 nitrogen and oxygen atoms in total. The lowest BCUT2D eigenvalue weighted by atomic mass is 10.2. The fourth-order valence-corrected chi connectivity index (χ4v) is 1.62. The van der Waals surface area contributed by atoms with Crippen LogP contribution in [0.3, 0.4) is 0 Å². The number of nitrogens with zero attached hydrogens (tertiary/aromatic N) is 2. The fourth-order valence-electron chi connectivity index (χ4n) is 1.62. The molecule has 0 fully saturated rings. The number of anilines is 1. The minimum atomic E-state index is 0.692. The second-order valence-corrected chi connectivity index (χ2v) is 3.79. The van der Waals surface area contributed by atoms with Crippen LogP contribution in [0.5, 0.6) is 5.75 Å². The number of rotatable bonds is 3. The van der Waals surface area contributed by atoms with Crippen molar-refractivity contribution in [2.24, 2.45) is 0 Å². The third-order valence-corrected chi connectivity index (χ3v) is 2.41. The van der Waals surface area contributed by atoms with E-state index in [0.29, 0.717) is 12.2 Å². The van der Waals surface area contributed by atoms with Crippen molar-refractivity contribution < 1.29 is 4.74 Å². The van der Waals surface area contributed by atoms with E-state index in [4.69, 9.17) is 10.5 Å². The van der Waals surface area contributed by atoms with E-state index in [1.165, 1.54) is 0 Å². The van der Waals surface area contributed by atoms with Gasteiger partial charge in [-0.1, -0.05) is 6.07 Å². The van der Waals surface area contributed by atoms with Gasteiger partial charge in [0.25, 0.3) is 0 Å². The molecule has 0 amide bonds. The monoisotopic (exact) mass is 217 g/mol. The van der Waals surface area contributed by atoms with Crippen molar-refractivity contribution in [3.63, 3.8) is 0 Å². The molecule has 0 atom stereocenters. The maximum absolute atomic E-state index is 5.70. The van der Waals surface area contributed by atoms with E-state index in [-0.39, 0.29) is 0 Å². The summed E-state index contributed by atoms with van der Waals surface area (Å²) in [6, 6.07) is 5.66. The number of hydrogen-bond acceptors (Lipinski definition) is 3. The SMILES string of the molecule is COc1cc(N)ccc1Cn1cc(C)cn1. The van der Waals surface area contributed by atoms with Gasteiger partial charge < -0.3 is 10.5 Å². The third-order valence-electron chi connectivity index (χ3n) is 2.41. The fraction of sp³-hybridized carbons (Fsp3) is 0.250. The predicted octanol–water partition coefficient (Wildman–Crippen LogP) is 1.83. The topological polar surface area (TPSA) is 53.1 Å². The molecule has 0 unspecified atom stereocenters. The van der Waals surface area contributed by atoms with E-state index in [2.05, 4.69) is 5.10 Å². The molecule has 1 aromatic carbocycles. The van der Waals surface area contributed by atoms with Crippen LogP contribution in [0.2, 0.25) is 0 Å². The summed E-state index contributed by atoms with van der Waals surface area (Å²) in [7, 11) is 1.65. The quantitative estimate of drug-likeness (QED) is 0.798. The minimum absolute atomic E-state index is 0.692. The summed E-state index contributed by atoms with van der Waals surface area (Å²) in [4.78, 5) is 0. The van der Waals surface area contributed by atoms with Crippen molar-refractivity contribution in [1.82, 2.24) is 9.78 Å². The first-order chi connectivity index (χ1) is 7.69.